The smallest absolute Gasteiger partial charge is 0.267 e. The normalized spacial score (nSPS) is 15.2. The average Bonchev–Trinajstić information content (AvgIpc) is 3.31. The first-order chi connectivity index (χ1) is 12.8. The summed E-state index contributed by atoms with van der Waals surface area (Å²) in [4.78, 5) is 17.7. The van der Waals surface area contributed by atoms with Gasteiger partial charge in [-0.3, -0.25) is 9.89 Å². The maximum Gasteiger partial charge on any atom is 0.267 e. The van der Waals surface area contributed by atoms with Crippen molar-refractivity contribution < 1.29 is 13.2 Å². The molecular formula is C19H26N4O3S. The van der Waals surface area contributed by atoms with Crippen molar-refractivity contribution >= 4 is 15.7 Å². The van der Waals surface area contributed by atoms with Crippen LogP contribution in [0.25, 0.3) is 0 Å². The largest absolute Gasteiger partial charge is 0.345 e. The Balaban J connectivity index is 1.68. The lowest BCUT2D eigenvalue weighted by Gasteiger charge is -2.11. The van der Waals surface area contributed by atoms with Gasteiger partial charge in [0.05, 0.1) is 5.75 Å². The summed E-state index contributed by atoms with van der Waals surface area (Å²) in [5.41, 5.74) is 1.000. The number of nitrogens with zero attached hydrogens (tertiary/aromatic N) is 3. The van der Waals surface area contributed by atoms with Crippen LogP contribution in [0.1, 0.15) is 53.8 Å². The molecule has 7 nitrogen and oxygen atoms in total. The Morgan fingerprint density at radius 3 is 2.70 bits per heavy atom. The van der Waals surface area contributed by atoms with E-state index in [9.17, 15) is 13.2 Å². The van der Waals surface area contributed by atoms with Gasteiger partial charge in [-0.25, -0.2) is 13.4 Å². The van der Waals surface area contributed by atoms with Crippen LogP contribution >= 0.6 is 0 Å². The summed E-state index contributed by atoms with van der Waals surface area (Å²) in [7, 11) is -0.352. The zero-order chi connectivity index (χ0) is 19.4. The number of H-pyrrole nitrogens is 1. The van der Waals surface area contributed by atoms with Crippen LogP contribution in [0, 0.1) is 5.92 Å². The Morgan fingerprint density at radius 2 is 2.00 bits per heavy atom. The van der Waals surface area contributed by atoms with E-state index < -0.39 is 9.84 Å². The third kappa shape index (κ3) is 4.94. The standard InChI is InChI=1S/C19H26N4O3S/c1-23(2)18(24)16-9-5-8-15(12-16)13-27(25,26)19-20-17(21-22-19)11-10-14-6-3-4-7-14/h5,8-9,12,14H,3-4,6-7,10-11,13H2,1-2H3,(H,20,21,22). The lowest BCUT2D eigenvalue weighted by Crippen LogP contribution is -2.21. The summed E-state index contributed by atoms with van der Waals surface area (Å²) in [5, 5.41) is 6.51. The van der Waals surface area contributed by atoms with Crippen molar-refractivity contribution in [1.82, 2.24) is 20.1 Å². The number of rotatable bonds is 7. The van der Waals surface area contributed by atoms with Gasteiger partial charge in [-0.2, -0.15) is 0 Å². The zero-order valence-electron chi connectivity index (χ0n) is 15.8. The van der Waals surface area contributed by atoms with E-state index in [4.69, 9.17) is 0 Å². The molecule has 0 bridgehead atoms. The first-order valence-electron chi connectivity index (χ1n) is 9.30. The van der Waals surface area contributed by atoms with E-state index in [1.807, 2.05) is 0 Å². The highest BCUT2D eigenvalue weighted by molar-refractivity contribution is 7.90. The number of hydrogen-bond acceptors (Lipinski definition) is 5. The van der Waals surface area contributed by atoms with E-state index in [2.05, 4.69) is 15.2 Å². The molecule has 1 fully saturated rings. The SMILES string of the molecule is CN(C)C(=O)c1cccc(CS(=O)(=O)c2n[nH]c(CCC3CCCC3)n2)c1. The van der Waals surface area contributed by atoms with Crippen LogP contribution in [0.4, 0.5) is 0 Å². The number of nitrogens with one attached hydrogen (secondary N) is 1. The van der Waals surface area contributed by atoms with E-state index in [-0.39, 0.29) is 16.8 Å². The van der Waals surface area contributed by atoms with Gasteiger partial charge in [0.15, 0.2) is 0 Å². The van der Waals surface area contributed by atoms with Crippen LogP contribution in [-0.4, -0.2) is 48.5 Å². The molecule has 1 aliphatic rings. The quantitative estimate of drug-likeness (QED) is 0.784. The average molecular weight is 391 g/mol. The molecule has 2 aromatic rings. The molecule has 1 heterocycles. The summed E-state index contributed by atoms with van der Waals surface area (Å²) in [6.07, 6.45) is 6.82. The van der Waals surface area contributed by atoms with Crippen molar-refractivity contribution in [2.24, 2.45) is 5.92 Å². The lowest BCUT2D eigenvalue weighted by molar-refractivity contribution is 0.0827. The highest BCUT2D eigenvalue weighted by Gasteiger charge is 2.22. The minimum atomic E-state index is -3.67. The first-order valence-corrected chi connectivity index (χ1v) is 10.9. The van der Waals surface area contributed by atoms with Crippen LogP contribution in [-0.2, 0) is 22.0 Å². The van der Waals surface area contributed by atoms with Gasteiger partial charge in [0.2, 0.25) is 9.84 Å². The molecule has 0 spiro atoms. The molecule has 8 heteroatoms. The zero-order valence-corrected chi connectivity index (χ0v) is 16.6. The topological polar surface area (TPSA) is 96.0 Å². The van der Waals surface area contributed by atoms with Crippen molar-refractivity contribution in [1.29, 1.82) is 0 Å². The van der Waals surface area contributed by atoms with Crippen molar-refractivity contribution in [3.05, 3.63) is 41.2 Å². The molecule has 0 radical (unpaired) electrons. The fourth-order valence-electron chi connectivity index (χ4n) is 3.50. The van der Waals surface area contributed by atoms with Gasteiger partial charge in [-0.05, 0) is 30.0 Å². The van der Waals surface area contributed by atoms with Gasteiger partial charge in [-0.15, -0.1) is 5.10 Å². The molecule has 1 aromatic heterocycles. The Morgan fingerprint density at radius 1 is 1.26 bits per heavy atom. The molecule has 1 aromatic carbocycles. The fourth-order valence-corrected chi connectivity index (χ4v) is 4.69. The fraction of sp³-hybridized carbons (Fsp3) is 0.526. The summed E-state index contributed by atoms with van der Waals surface area (Å²) >= 11 is 0. The molecule has 27 heavy (non-hydrogen) atoms. The summed E-state index contributed by atoms with van der Waals surface area (Å²) in [6.45, 7) is 0. The van der Waals surface area contributed by atoms with Gasteiger partial charge >= 0.3 is 0 Å². The van der Waals surface area contributed by atoms with Crippen LogP contribution < -0.4 is 0 Å². The van der Waals surface area contributed by atoms with Crippen LogP contribution in [0.3, 0.4) is 0 Å². The molecule has 0 saturated heterocycles. The number of amides is 1. The highest BCUT2D eigenvalue weighted by Crippen LogP contribution is 2.28. The van der Waals surface area contributed by atoms with E-state index >= 15 is 0 Å². The monoisotopic (exact) mass is 390 g/mol. The highest BCUT2D eigenvalue weighted by atomic mass is 32.2. The summed E-state index contributed by atoms with van der Waals surface area (Å²) < 4.78 is 25.3. The summed E-state index contributed by atoms with van der Waals surface area (Å²) in [5.74, 6) is 0.937. The molecule has 0 atom stereocenters. The van der Waals surface area contributed by atoms with Crippen molar-refractivity contribution in [3.8, 4) is 0 Å². The number of hydrogen-bond donors (Lipinski definition) is 1. The molecule has 0 aliphatic heterocycles. The van der Waals surface area contributed by atoms with E-state index in [0.717, 1.165) is 12.8 Å². The maximum atomic E-state index is 12.7. The molecule has 3 rings (SSSR count). The van der Waals surface area contributed by atoms with Crippen molar-refractivity contribution in [2.45, 2.75) is 49.4 Å². The number of aryl methyl sites for hydroxylation is 1. The molecular weight excluding hydrogens is 364 g/mol. The Hall–Kier alpha value is -2.22. The number of aromatic amines is 1. The van der Waals surface area contributed by atoms with Crippen LogP contribution in [0.2, 0.25) is 0 Å². The lowest BCUT2D eigenvalue weighted by atomic mass is 10.0. The summed E-state index contributed by atoms with van der Waals surface area (Å²) in [6, 6.07) is 6.66. The number of aromatic nitrogens is 3. The molecule has 1 N–H and O–H groups in total. The number of carbonyl (C=O) groups excluding carboxylic acids is 1. The number of benzene rings is 1. The van der Waals surface area contributed by atoms with Crippen molar-refractivity contribution in [3.63, 3.8) is 0 Å². The minimum Gasteiger partial charge on any atom is -0.345 e. The predicted octanol–water partition coefficient (Wildman–Crippen LogP) is 2.60. The third-order valence-electron chi connectivity index (χ3n) is 4.99. The second kappa shape index (κ2) is 8.21. The molecule has 1 amide bonds. The number of sulfone groups is 1. The Kier molecular flexibility index (Phi) is 5.94. The van der Waals surface area contributed by atoms with Gasteiger partial charge in [0.25, 0.3) is 11.1 Å². The molecule has 146 valence electrons. The third-order valence-corrected chi connectivity index (χ3v) is 6.44. The van der Waals surface area contributed by atoms with E-state index in [1.54, 1.807) is 38.4 Å². The van der Waals surface area contributed by atoms with Gasteiger partial charge in [0, 0.05) is 26.1 Å². The van der Waals surface area contributed by atoms with Crippen LogP contribution in [0.15, 0.2) is 29.4 Å². The van der Waals surface area contributed by atoms with Gasteiger partial charge in [0.1, 0.15) is 5.82 Å². The second-order valence-electron chi connectivity index (χ2n) is 7.41. The molecule has 1 saturated carbocycles. The van der Waals surface area contributed by atoms with Crippen molar-refractivity contribution in [2.75, 3.05) is 14.1 Å². The minimum absolute atomic E-state index is 0.165. The second-order valence-corrected chi connectivity index (χ2v) is 9.30. The van der Waals surface area contributed by atoms with Gasteiger partial charge in [-0.1, -0.05) is 37.8 Å². The first kappa shape index (κ1) is 19.5. The number of carbonyl (C=O) groups is 1. The van der Waals surface area contributed by atoms with E-state index in [1.165, 1.54) is 30.6 Å². The molecule has 0 unspecified atom stereocenters. The maximum absolute atomic E-state index is 12.7. The van der Waals surface area contributed by atoms with Crippen LogP contribution in [0.5, 0.6) is 0 Å². The Bertz CT molecular complexity index is 899. The van der Waals surface area contributed by atoms with Gasteiger partial charge < -0.3 is 4.90 Å². The predicted molar refractivity (Wildman–Crippen MR) is 102 cm³/mol. The molecule has 1 aliphatic carbocycles. The Labute approximate surface area is 160 Å². The van der Waals surface area contributed by atoms with E-state index in [0.29, 0.717) is 22.9 Å².